The van der Waals surface area contributed by atoms with Crippen molar-refractivity contribution in [3.63, 3.8) is 0 Å². The molecule has 3 heterocycles. The molecular weight excluding hydrogens is 384 g/mol. The number of amides is 1. The summed E-state index contributed by atoms with van der Waals surface area (Å²) >= 11 is 0. The number of rotatable bonds is 6. The molecule has 0 radical (unpaired) electrons. The van der Waals surface area contributed by atoms with Crippen molar-refractivity contribution in [2.24, 2.45) is 0 Å². The highest BCUT2D eigenvalue weighted by Crippen LogP contribution is 2.39. The lowest BCUT2D eigenvalue weighted by atomic mass is 9.99. The van der Waals surface area contributed by atoms with E-state index < -0.39 is 17.7 Å². The molecule has 0 bridgehead atoms. The van der Waals surface area contributed by atoms with Crippen LogP contribution >= 0.6 is 0 Å². The number of ketones is 1. The molecular formula is C23H26N2O5. The van der Waals surface area contributed by atoms with Gasteiger partial charge in [0.1, 0.15) is 17.6 Å². The van der Waals surface area contributed by atoms with Crippen molar-refractivity contribution in [1.29, 1.82) is 0 Å². The first-order valence-corrected chi connectivity index (χ1v) is 10.2. The molecule has 1 atom stereocenters. The van der Waals surface area contributed by atoms with Gasteiger partial charge in [0.15, 0.2) is 0 Å². The Balaban J connectivity index is 1.61. The summed E-state index contributed by atoms with van der Waals surface area (Å²) in [4.78, 5) is 29.5. The maximum absolute atomic E-state index is 12.9. The molecule has 0 spiro atoms. The molecule has 1 aromatic carbocycles. The maximum Gasteiger partial charge on any atom is 0.295 e. The van der Waals surface area contributed by atoms with Crippen molar-refractivity contribution in [1.82, 2.24) is 9.80 Å². The molecule has 2 fully saturated rings. The summed E-state index contributed by atoms with van der Waals surface area (Å²) in [7, 11) is 0. The van der Waals surface area contributed by atoms with Crippen LogP contribution in [0.15, 0.2) is 52.7 Å². The largest absolute Gasteiger partial charge is 0.507 e. The molecule has 7 heteroatoms. The fourth-order valence-corrected chi connectivity index (χ4v) is 4.01. The number of carbonyl (C=O) groups excluding carboxylic acids is 2. The molecule has 7 nitrogen and oxygen atoms in total. The SMILES string of the molecule is Cc1ccc(/C(O)=C2\C(=O)C(=O)N(CCCN3CCOCC3)C2c2ccco2)cc1. The second kappa shape index (κ2) is 8.85. The lowest BCUT2D eigenvalue weighted by Crippen LogP contribution is -2.38. The molecule has 2 aliphatic heterocycles. The number of hydrogen-bond donors (Lipinski definition) is 1. The highest BCUT2D eigenvalue weighted by molar-refractivity contribution is 6.46. The van der Waals surface area contributed by atoms with Crippen molar-refractivity contribution in [2.75, 3.05) is 39.4 Å². The molecule has 4 rings (SSSR count). The Morgan fingerprint density at radius 3 is 2.50 bits per heavy atom. The third-order valence-electron chi connectivity index (χ3n) is 5.65. The van der Waals surface area contributed by atoms with Crippen molar-refractivity contribution >= 4 is 17.4 Å². The fourth-order valence-electron chi connectivity index (χ4n) is 4.01. The molecule has 1 amide bonds. The summed E-state index contributed by atoms with van der Waals surface area (Å²) in [6.07, 6.45) is 2.23. The van der Waals surface area contributed by atoms with E-state index >= 15 is 0 Å². The van der Waals surface area contributed by atoms with E-state index in [1.165, 1.54) is 11.2 Å². The van der Waals surface area contributed by atoms with E-state index in [-0.39, 0.29) is 11.3 Å². The number of carbonyl (C=O) groups is 2. The summed E-state index contributed by atoms with van der Waals surface area (Å²) < 4.78 is 10.9. The van der Waals surface area contributed by atoms with E-state index in [1.54, 1.807) is 24.3 Å². The average molecular weight is 410 g/mol. The van der Waals surface area contributed by atoms with Crippen molar-refractivity contribution in [3.05, 3.63) is 65.1 Å². The van der Waals surface area contributed by atoms with Gasteiger partial charge in [-0.3, -0.25) is 14.5 Å². The lowest BCUT2D eigenvalue weighted by molar-refractivity contribution is -0.140. The Morgan fingerprint density at radius 1 is 1.10 bits per heavy atom. The second-order valence-electron chi connectivity index (χ2n) is 7.68. The number of aryl methyl sites for hydroxylation is 1. The van der Waals surface area contributed by atoms with Crippen LogP contribution in [-0.4, -0.2) is 66.0 Å². The van der Waals surface area contributed by atoms with E-state index in [2.05, 4.69) is 4.90 Å². The van der Waals surface area contributed by atoms with Gasteiger partial charge in [0.05, 0.1) is 25.1 Å². The van der Waals surface area contributed by atoms with Gasteiger partial charge in [0, 0.05) is 31.7 Å². The van der Waals surface area contributed by atoms with Gasteiger partial charge in [-0.1, -0.05) is 29.8 Å². The van der Waals surface area contributed by atoms with Crippen molar-refractivity contribution < 1.29 is 23.8 Å². The summed E-state index contributed by atoms with van der Waals surface area (Å²) in [6.45, 7) is 6.33. The lowest BCUT2D eigenvalue weighted by Gasteiger charge is -2.28. The summed E-state index contributed by atoms with van der Waals surface area (Å²) in [6, 6.07) is 9.92. The van der Waals surface area contributed by atoms with E-state index in [1.807, 2.05) is 19.1 Å². The van der Waals surface area contributed by atoms with E-state index in [0.29, 0.717) is 31.1 Å². The first-order valence-electron chi connectivity index (χ1n) is 10.2. The van der Waals surface area contributed by atoms with E-state index in [0.717, 1.165) is 31.6 Å². The van der Waals surface area contributed by atoms with Gasteiger partial charge in [0.2, 0.25) is 0 Å². The van der Waals surface area contributed by atoms with Crippen LogP contribution in [0.2, 0.25) is 0 Å². The standard InChI is InChI=1S/C23H26N2O5/c1-16-5-7-17(8-6-16)21(26)19-20(18-4-2-13-30-18)25(23(28)22(19)27)10-3-9-24-11-14-29-15-12-24/h2,4-8,13,20,26H,3,9-12,14-15H2,1H3/b21-19+. The topological polar surface area (TPSA) is 83.2 Å². The predicted octanol–water partition coefficient (Wildman–Crippen LogP) is 2.73. The number of aliphatic hydroxyl groups is 1. The van der Waals surface area contributed by atoms with Gasteiger partial charge in [-0.05, 0) is 25.5 Å². The Hall–Kier alpha value is -2.90. The highest BCUT2D eigenvalue weighted by atomic mass is 16.5. The molecule has 30 heavy (non-hydrogen) atoms. The van der Waals surface area contributed by atoms with Crippen LogP contribution in [0.5, 0.6) is 0 Å². The van der Waals surface area contributed by atoms with Gasteiger partial charge in [-0.15, -0.1) is 0 Å². The van der Waals surface area contributed by atoms with Gasteiger partial charge in [-0.2, -0.15) is 0 Å². The minimum atomic E-state index is -0.731. The summed E-state index contributed by atoms with van der Waals surface area (Å²) in [5.74, 6) is -0.993. The number of Topliss-reactive ketones (excluding diaryl/α,β-unsaturated/α-hetero) is 1. The molecule has 1 unspecified atom stereocenters. The zero-order valence-electron chi connectivity index (χ0n) is 17.0. The first-order chi connectivity index (χ1) is 14.6. The van der Waals surface area contributed by atoms with Crippen molar-refractivity contribution in [3.8, 4) is 0 Å². The van der Waals surface area contributed by atoms with Crippen molar-refractivity contribution in [2.45, 2.75) is 19.4 Å². The molecule has 158 valence electrons. The quantitative estimate of drug-likeness (QED) is 0.448. The van der Waals surface area contributed by atoms with Gasteiger partial charge in [-0.25, -0.2) is 0 Å². The Kier molecular flexibility index (Phi) is 6.01. The van der Waals surface area contributed by atoms with Crippen LogP contribution in [0, 0.1) is 6.92 Å². The molecule has 0 aliphatic carbocycles. The highest BCUT2D eigenvalue weighted by Gasteiger charge is 2.47. The number of nitrogens with zero attached hydrogens (tertiary/aromatic N) is 2. The number of aliphatic hydroxyl groups excluding tert-OH is 1. The number of furan rings is 1. The summed E-state index contributed by atoms with van der Waals surface area (Å²) in [5.41, 5.74) is 1.62. The van der Waals surface area contributed by atoms with Gasteiger partial charge >= 0.3 is 0 Å². The number of benzene rings is 1. The minimum Gasteiger partial charge on any atom is -0.507 e. The first kappa shape index (κ1) is 20.4. The van der Waals surface area contributed by atoms with Gasteiger partial charge < -0.3 is 19.2 Å². The number of hydrogen-bond acceptors (Lipinski definition) is 6. The molecule has 1 aromatic heterocycles. The predicted molar refractivity (Wildman–Crippen MR) is 111 cm³/mol. The van der Waals surface area contributed by atoms with Crippen LogP contribution in [0.1, 0.15) is 29.3 Å². The van der Waals surface area contributed by atoms with Crippen LogP contribution in [-0.2, 0) is 14.3 Å². The number of likely N-dealkylation sites (tertiary alicyclic amines) is 1. The number of morpholine rings is 1. The normalized spacial score (nSPS) is 22.0. The Labute approximate surface area is 175 Å². The molecule has 0 saturated carbocycles. The maximum atomic E-state index is 12.9. The third kappa shape index (κ3) is 4.04. The molecule has 2 saturated heterocycles. The second-order valence-corrected chi connectivity index (χ2v) is 7.68. The monoisotopic (exact) mass is 410 g/mol. The van der Waals surface area contributed by atoms with Gasteiger partial charge in [0.25, 0.3) is 11.7 Å². The van der Waals surface area contributed by atoms with Crippen LogP contribution in [0.3, 0.4) is 0 Å². The zero-order valence-corrected chi connectivity index (χ0v) is 17.0. The fraction of sp³-hybridized carbons (Fsp3) is 0.391. The zero-order chi connectivity index (χ0) is 21.1. The van der Waals surface area contributed by atoms with Crippen LogP contribution < -0.4 is 0 Å². The summed E-state index contributed by atoms with van der Waals surface area (Å²) in [5, 5.41) is 10.9. The average Bonchev–Trinajstić information content (AvgIpc) is 3.37. The minimum absolute atomic E-state index is 0.0742. The molecule has 1 N–H and O–H groups in total. The van der Waals surface area contributed by atoms with E-state index in [9.17, 15) is 14.7 Å². The van der Waals surface area contributed by atoms with Crippen LogP contribution in [0.25, 0.3) is 5.76 Å². The Morgan fingerprint density at radius 2 is 1.83 bits per heavy atom. The van der Waals surface area contributed by atoms with E-state index in [4.69, 9.17) is 9.15 Å². The molecule has 2 aliphatic rings. The third-order valence-corrected chi connectivity index (χ3v) is 5.65. The molecule has 2 aromatic rings. The Bertz CT molecular complexity index is 927. The number of ether oxygens (including phenoxy) is 1. The van der Waals surface area contributed by atoms with Crippen LogP contribution in [0.4, 0.5) is 0 Å². The smallest absolute Gasteiger partial charge is 0.295 e.